The van der Waals surface area contributed by atoms with E-state index in [1.807, 2.05) is 0 Å². The van der Waals surface area contributed by atoms with Gasteiger partial charge >= 0.3 is 0 Å². The molecule has 0 N–H and O–H groups in total. The first kappa shape index (κ1) is 7.19. The Morgan fingerprint density at radius 2 is 1.70 bits per heavy atom. The van der Waals surface area contributed by atoms with Crippen LogP contribution in [0.25, 0.3) is 0 Å². The molecule has 0 amide bonds. The summed E-state index contributed by atoms with van der Waals surface area (Å²) in [4.78, 5) is 0. The van der Waals surface area contributed by atoms with Crippen molar-refractivity contribution in [3.05, 3.63) is 42.3 Å². The first-order valence-corrected chi connectivity index (χ1v) is 2.88. The van der Waals surface area contributed by atoms with Crippen molar-refractivity contribution in [1.29, 1.82) is 0 Å². The molecule has 0 aliphatic heterocycles. The van der Waals surface area contributed by atoms with Crippen LogP contribution in [0.5, 0.6) is 0 Å². The van der Waals surface area contributed by atoms with E-state index in [1.54, 1.807) is 0 Å². The van der Waals surface area contributed by atoms with E-state index in [4.69, 9.17) is 6.92 Å². The Kier molecular flexibility index (Phi) is 2.00. The number of halogens is 2. The lowest BCUT2D eigenvalue weighted by molar-refractivity contribution is 0.562. The molecule has 0 heterocycles. The molecule has 0 fully saturated rings. The third kappa shape index (κ3) is 1.15. The van der Waals surface area contributed by atoms with Gasteiger partial charge in [-0.15, -0.1) is 0 Å². The quantitative estimate of drug-likeness (QED) is 0.561. The molecular weight excluding hydrogens is 134 g/mol. The molecule has 0 bridgehead atoms. The minimum Gasteiger partial charge on any atom is -0.207 e. The molecule has 0 unspecified atom stereocenters. The van der Waals surface area contributed by atoms with Gasteiger partial charge in [-0.2, -0.15) is 0 Å². The maximum Gasteiger partial charge on any atom is 0.129 e. The molecule has 0 saturated carbocycles. The Morgan fingerprint density at radius 1 is 1.20 bits per heavy atom. The van der Waals surface area contributed by atoms with Gasteiger partial charge in [0.05, 0.1) is 0 Å². The first-order chi connectivity index (χ1) is 4.75. The van der Waals surface area contributed by atoms with Gasteiger partial charge in [-0.1, -0.05) is 6.07 Å². The molecule has 1 rings (SSSR count). The van der Waals surface area contributed by atoms with Gasteiger partial charge in [0.2, 0.25) is 0 Å². The van der Waals surface area contributed by atoms with E-state index in [-0.39, 0.29) is 12.0 Å². The lowest BCUT2D eigenvalue weighted by Crippen LogP contribution is -1.91. The first-order valence-electron chi connectivity index (χ1n) is 2.88. The highest BCUT2D eigenvalue weighted by Gasteiger charge is 2.03. The smallest absolute Gasteiger partial charge is 0.129 e. The second kappa shape index (κ2) is 2.78. The van der Waals surface area contributed by atoms with E-state index in [0.717, 1.165) is 0 Å². The van der Waals surface area contributed by atoms with Crippen LogP contribution in [0.3, 0.4) is 0 Å². The average Bonchev–Trinajstić information content (AvgIpc) is 1.88. The van der Waals surface area contributed by atoms with Gasteiger partial charge in [0, 0.05) is 5.56 Å². The van der Waals surface area contributed by atoms with Crippen LogP contribution in [0, 0.1) is 18.6 Å². The summed E-state index contributed by atoms with van der Waals surface area (Å²) >= 11 is 0. The molecule has 0 aliphatic carbocycles. The third-order valence-corrected chi connectivity index (χ3v) is 1.27. The molecule has 2 heteroatoms. The molecule has 1 aromatic rings. The highest BCUT2D eigenvalue weighted by molar-refractivity contribution is 5.19. The van der Waals surface area contributed by atoms with Crippen molar-refractivity contribution in [3.8, 4) is 0 Å². The van der Waals surface area contributed by atoms with Crippen molar-refractivity contribution >= 4 is 0 Å². The summed E-state index contributed by atoms with van der Waals surface area (Å²) in [6.45, 7) is 5.07. The molecule has 0 saturated heterocycles. The van der Waals surface area contributed by atoms with Crippen molar-refractivity contribution in [2.75, 3.05) is 0 Å². The Hall–Kier alpha value is -0.920. The van der Waals surface area contributed by atoms with Crippen LogP contribution in [0.15, 0.2) is 18.2 Å². The third-order valence-electron chi connectivity index (χ3n) is 1.27. The summed E-state index contributed by atoms with van der Waals surface area (Å²) in [6, 6.07) is 3.68. The molecule has 52 valence electrons. The number of benzene rings is 1. The summed E-state index contributed by atoms with van der Waals surface area (Å²) in [7, 11) is 0. The monoisotopic (exact) mass is 140 g/mol. The number of rotatable bonds is 1. The van der Waals surface area contributed by atoms with Crippen LogP contribution in [0.1, 0.15) is 5.56 Å². The minimum absolute atomic E-state index is 0.0532. The fraction of sp³-hybridized carbons (Fsp3) is 0.125. The van der Waals surface area contributed by atoms with Crippen LogP contribution in [0.4, 0.5) is 8.78 Å². The van der Waals surface area contributed by atoms with Crippen molar-refractivity contribution in [2.45, 2.75) is 6.42 Å². The Bertz CT molecular complexity index is 210. The summed E-state index contributed by atoms with van der Waals surface area (Å²) < 4.78 is 25.1. The second-order valence-corrected chi connectivity index (χ2v) is 1.90. The summed E-state index contributed by atoms with van der Waals surface area (Å²) in [5.41, 5.74) is -0.0532. The zero-order valence-corrected chi connectivity index (χ0v) is 5.27. The zero-order chi connectivity index (χ0) is 7.56. The molecular formula is C8H6F2. The molecule has 0 aromatic heterocycles. The van der Waals surface area contributed by atoms with Gasteiger partial charge in [-0.3, -0.25) is 0 Å². The van der Waals surface area contributed by atoms with Crippen molar-refractivity contribution < 1.29 is 8.78 Å². The SMILES string of the molecule is [CH]Cc1c(F)cccc1F. The average molecular weight is 140 g/mol. The molecule has 0 atom stereocenters. The Labute approximate surface area is 58.5 Å². The highest BCUT2D eigenvalue weighted by Crippen LogP contribution is 2.11. The van der Waals surface area contributed by atoms with Crippen LogP contribution in [-0.2, 0) is 6.42 Å². The fourth-order valence-electron chi connectivity index (χ4n) is 0.727. The number of hydrogen-bond acceptors (Lipinski definition) is 0. The maximum atomic E-state index is 12.5. The van der Waals surface area contributed by atoms with Gasteiger partial charge < -0.3 is 0 Å². The number of hydrogen-bond donors (Lipinski definition) is 0. The van der Waals surface area contributed by atoms with E-state index < -0.39 is 11.6 Å². The van der Waals surface area contributed by atoms with Crippen LogP contribution < -0.4 is 0 Å². The van der Waals surface area contributed by atoms with E-state index >= 15 is 0 Å². The fourth-order valence-corrected chi connectivity index (χ4v) is 0.727. The summed E-state index contributed by atoms with van der Waals surface area (Å²) in [5.74, 6) is -1.16. The van der Waals surface area contributed by atoms with Crippen molar-refractivity contribution in [3.63, 3.8) is 0 Å². The van der Waals surface area contributed by atoms with Crippen molar-refractivity contribution in [1.82, 2.24) is 0 Å². The Morgan fingerprint density at radius 3 is 2.00 bits per heavy atom. The molecule has 10 heavy (non-hydrogen) atoms. The van der Waals surface area contributed by atoms with E-state index in [1.165, 1.54) is 18.2 Å². The van der Waals surface area contributed by atoms with Gasteiger partial charge in [0.25, 0.3) is 0 Å². The highest BCUT2D eigenvalue weighted by atomic mass is 19.1. The molecule has 1 aromatic carbocycles. The molecule has 2 radical (unpaired) electrons. The lowest BCUT2D eigenvalue weighted by atomic mass is 10.1. The topological polar surface area (TPSA) is 0 Å². The molecule has 0 aliphatic rings. The maximum absolute atomic E-state index is 12.5. The van der Waals surface area contributed by atoms with Gasteiger partial charge in [-0.25, -0.2) is 8.78 Å². The lowest BCUT2D eigenvalue weighted by Gasteiger charge is -1.98. The summed E-state index contributed by atoms with van der Waals surface area (Å²) in [6.07, 6.45) is -0.0987. The standard InChI is InChI=1S/C8H6F2/c1-2-6-7(9)4-3-5-8(6)10/h1,3-5H,2H2. The molecule has 0 nitrogen and oxygen atoms in total. The van der Waals surface area contributed by atoms with Crippen LogP contribution in [-0.4, -0.2) is 0 Å². The van der Waals surface area contributed by atoms with Gasteiger partial charge in [0.15, 0.2) is 0 Å². The predicted octanol–water partition coefficient (Wildman–Crippen LogP) is 2.22. The van der Waals surface area contributed by atoms with Crippen LogP contribution in [0.2, 0.25) is 0 Å². The van der Waals surface area contributed by atoms with Gasteiger partial charge in [-0.05, 0) is 25.5 Å². The second-order valence-electron chi connectivity index (χ2n) is 1.90. The van der Waals surface area contributed by atoms with E-state index in [9.17, 15) is 8.78 Å². The van der Waals surface area contributed by atoms with Crippen LogP contribution >= 0.6 is 0 Å². The Balaban J connectivity index is 3.17. The largest absolute Gasteiger partial charge is 0.207 e. The zero-order valence-electron chi connectivity index (χ0n) is 5.27. The minimum atomic E-state index is -0.581. The summed E-state index contributed by atoms with van der Waals surface area (Å²) in [5, 5.41) is 0. The van der Waals surface area contributed by atoms with Crippen molar-refractivity contribution in [2.24, 2.45) is 0 Å². The van der Waals surface area contributed by atoms with E-state index in [2.05, 4.69) is 0 Å². The van der Waals surface area contributed by atoms with E-state index in [0.29, 0.717) is 0 Å². The normalized spacial score (nSPS) is 9.90. The molecule has 0 spiro atoms. The van der Waals surface area contributed by atoms with Gasteiger partial charge in [0.1, 0.15) is 11.6 Å². The predicted molar refractivity (Wildman–Crippen MR) is 34.4 cm³/mol.